The molecule has 4 aromatic rings. The topological polar surface area (TPSA) is 104 Å². The number of imidazole rings is 1. The highest BCUT2D eigenvalue weighted by Crippen LogP contribution is 2.30. The lowest BCUT2D eigenvalue weighted by Gasteiger charge is -2.30. The van der Waals surface area contributed by atoms with E-state index < -0.39 is 10.0 Å². The van der Waals surface area contributed by atoms with Crippen molar-refractivity contribution in [2.45, 2.75) is 30.6 Å². The summed E-state index contributed by atoms with van der Waals surface area (Å²) in [4.78, 5) is 20.5. The number of piperidine rings is 1. The second-order valence-electron chi connectivity index (χ2n) is 8.99. The summed E-state index contributed by atoms with van der Waals surface area (Å²) in [5.74, 6) is 1.41. The zero-order chi connectivity index (χ0) is 25.1. The molecule has 0 radical (unpaired) electrons. The highest BCUT2D eigenvalue weighted by atomic mass is 32.2. The van der Waals surface area contributed by atoms with Crippen molar-refractivity contribution < 1.29 is 17.9 Å². The number of fused-ring (bicyclic) bond motifs is 1. The summed E-state index contributed by atoms with van der Waals surface area (Å²) < 4.78 is 33.4. The molecule has 1 saturated heterocycles. The van der Waals surface area contributed by atoms with Gasteiger partial charge in [-0.15, -0.1) is 0 Å². The fourth-order valence-electron chi connectivity index (χ4n) is 4.38. The fraction of sp³-hybridized carbons (Fsp3) is 0.259. The van der Waals surface area contributed by atoms with Crippen LogP contribution in [-0.4, -0.2) is 48.3 Å². The van der Waals surface area contributed by atoms with E-state index in [0.29, 0.717) is 37.4 Å². The third-order valence-electron chi connectivity index (χ3n) is 6.42. The second-order valence-corrected chi connectivity index (χ2v) is 10.9. The van der Waals surface area contributed by atoms with Crippen molar-refractivity contribution >= 4 is 32.7 Å². The van der Waals surface area contributed by atoms with Crippen LogP contribution in [0.25, 0.3) is 11.0 Å². The highest BCUT2D eigenvalue weighted by molar-refractivity contribution is 7.89. The maximum Gasteiger partial charge on any atom is 0.262 e. The van der Waals surface area contributed by atoms with Gasteiger partial charge in [0.25, 0.3) is 5.91 Å². The van der Waals surface area contributed by atoms with E-state index in [-0.39, 0.29) is 23.3 Å². The Hall–Kier alpha value is -3.69. The van der Waals surface area contributed by atoms with Gasteiger partial charge < -0.3 is 15.0 Å². The number of sulfonamides is 1. The van der Waals surface area contributed by atoms with Crippen molar-refractivity contribution in [1.82, 2.24) is 14.3 Å². The number of ether oxygens (including phenoxy) is 1. The molecule has 0 saturated carbocycles. The molecule has 1 aromatic heterocycles. The molecule has 0 unspecified atom stereocenters. The number of aromatic nitrogens is 2. The Labute approximate surface area is 210 Å². The Morgan fingerprint density at radius 3 is 2.42 bits per heavy atom. The summed E-state index contributed by atoms with van der Waals surface area (Å²) in [5.41, 5.74) is 3.54. The molecule has 2 heterocycles. The molecule has 0 aliphatic carbocycles. The minimum atomic E-state index is -3.62. The van der Waals surface area contributed by atoms with Crippen molar-refractivity contribution in [3.05, 3.63) is 84.2 Å². The quantitative estimate of drug-likeness (QED) is 0.387. The average Bonchev–Trinajstić information content (AvgIpc) is 3.33. The predicted octanol–water partition coefficient (Wildman–Crippen LogP) is 4.46. The molecule has 2 N–H and O–H groups in total. The van der Waals surface area contributed by atoms with Crippen molar-refractivity contribution in [2.75, 3.05) is 25.0 Å². The first-order valence-electron chi connectivity index (χ1n) is 11.9. The van der Waals surface area contributed by atoms with Crippen LogP contribution in [0.3, 0.4) is 0 Å². The van der Waals surface area contributed by atoms with Crippen LogP contribution in [0.2, 0.25) is 0 Å². The number of hydrogen-bond donors (Lipinski definition) is 2. The Kier molecular flexibility index (Phi) is 6.75. The standard InChI is InChI=1S/C27H28N4O4S/c1-19-6-10-22(11-7-19)35-18-26(32)28-21-8-12-23(13-9-21)36(33,34)31-16-14-20(15-17-31)27-29-24-4-2-3-5-25(24)30-27/h2-13,20H,14-18H2,1H3,(H,28,32)(H,29,30). The van der Waals surface area contributed by atoms with Crippen molar-refractivity contribution in [3.63, 3.8) is 0 Å². The summed E-state index contributed by atoms with van der Waals surface area (Å²) >= 11 is 0. The van der Waals surface area contributed by atoms with Gasteiger partial charge in [0.2, 0.25) is 10.0 Å². The van der Waals surface area contributed by atoms with Gasteiger partial charge in [0, 0.05) is 24.7 Å². The van der Waals surface area contributed by atoms with Crippen molar-refractivity contribution in [1.29, 1.82) is 0 Å². The molecular weight excluding hydrogens is 476 g/mol. The van der Waals surface area contributed by atoms with E-state index in [2.05, 4.69) is 15.3 Å². The first kappa shape index (κ1) is 24.0. The number of H-pyrrole nitrogens is 1. The van der Waals surface area contributed by atoms with Gasteiger partial charge in [-0.3, -0.25) is 4.79 Å². The number of para-hydroxylation sites is 2. The fourth-order valence-corrected chi connectivity index (χ4v) is 5.84. The van der Waals surface area contributed by atoms with Gasteiger partial charge in [-0.2, -0.15) is 4.31 Å². The van der Waals surface area contributed by atoms with Gasteiger partial charge in [-0.25, -0.2) is 13.4 Å². The molecule has 1 aliphatic heterocycles. The smallest absolute Gasteiger partial charge is 0.262 e. The molecule has 186 valence electrons. The number of rotatable bonds is 7. The number of nitrogens with zero attached hydrogens (tertiary/aromatic N) is 2. The largest absolute Gasteiger partial charge is 0.484 e. The number of benzene rings is 3. The van der Waals surface area contributed by atoms with E-state index >= 15 is 0 Å². The number of nitrogens with one attached hydrogen (secondary N) is 2. The number of carbonyl (C=O) groups excluding carboxylic acids is 1. The molecule has 3 aromatic carbocycles. The zero-order valence-electron chi connectivity index (χ0n) is 20.0. The molecule has 1 fully saturated rings. The van der Waals surface area contributed by atoms with E-state index in [0.717, 1.165) is 22.4 Å². The number of aryl methyl sites for hydroxylation is 1. The maximum atomic E-state index is 13.2. The van der Waals surface area contributed by atoms with Crippen LogP contribution in [-0.2, 0) is 14.8 Å². The molecule has 8 nitrogen and oxygen atoms in total. The molecule has 5 rings (SSSR count). The summed E-state index contributed by atoms with van der Waals surface area (Å²) in [6.07, 6.45) is 1.41. The van der Waals surface area contributed by atoms with E-state index in [4.69, 9.17) is 4.74 Å². The van der Waals surface area contributed by atoms with Crippen LogP contribution in [0.15, 0.2) is 77.7 Å². The molecule has 9 heteroatoms. The Balaban J connectivity index is 1.16. The van der Waals surface area contributed by atoms with E-state index in [1.807, 2.05) is 55.5 Å². The number of carbonyl (C=O) groups is 1. The van der Waals surface area contributed by atoms with Gasteiger partial charge in [-0.1, -0.05) is 29.8 Å². The van der Waals surface area contributed by atoms with E-state index in [9.17, 15) is 13.2 Å². The van der Waals surface area contributed by atoms with Gasteiger partial charge in [0.15, 0.2) is 6.61 Å². The summed E-state index contributed by atoms with van der Waals surface area (Å²) in [5, 5.41) is 2.73. The lowest BCUT2D eigenvalue weighted by atomic mass is 9.97. The minimum absolute atomic E-state index is 0.136. The van der Waals surface area contributed by atoms with Gasteiger partial charge in [0.05, 0.1) is 15.9 Å². The molecule has 0 bridgehead atoms. The Morgan fingerprint density at radius 2 is 1.72 bits per heavy atom. The van der Waals surface area contributed by atoms with Crippen LogP contribution >= 0.6 is 0 Å². The van der Waals surface area contributed by atoms with Gasteiger partial charge in [-0.05, 0) is 68.3 Å². The van der Waals surface area contributed by atoms with E-state index in [1.165, 1.54) is 16.4 Å². The van der Waals surface area contributed by atoms with Crippen LogP contribution in [0.5, 0.6) is 5.75 Å². The van der Waals surface area contributed by atoms with Crippen molar-refractivity contribution in [2.24, 2.45) is 0 Å². The molecule has 36 heavy (non-hydrogen) atoms. The van der Waals surface area contributed by atoms with E-state index in [1.54, 1.807) is 12.1 Å². The van der Waals surface area contributed by atoms with Gasteiger partial charge in [0.1, 0.15) is 11.6 Å². The average molecular weight is 505 g/mol. The van der Waals surface area contributed by atoms with Crippen LogP contribution in [0, 0.1) is 6.92 Å². The third-order valence-corrected chi connectivity index (χ3v) is 8.33. The van der Waals surface area contributed by atoms with Crippen LogP contribution in [0.1, 0.15) is 30.1 Å². The summed E-state index contributed by atoms with van der Waals surface area (Å²) in [6, 6.07) is 21.6. The number of hydrogen-bond acceptors (Lipinski definition) is 5. The lowest BCUT2D eigenvalue weighted by Crippen LogP contribution is -2.38. The SMILES string of the molecule is Cc1ccc(OCC(=O)Nc2ccc(S(=O)(=O)N3CCC(c4nc5ccccc5[nH]4)CC3)cc2)cc1. The molecule has 1 amide bonds. The minimum Gasteiger partial charge on any atom is -0.484 e. The second kappa shape index (κ2) is 10.1. The number of aromatic amines is 1. The number of amides is 1. The first-order chi connectivity index (χ1) is 17.4. The van der Waals surface area contributed by atoms with Crippen LogP contribution in [0.4, 0.5) is 5.69 Å². The van der Waals surface area contributed by atoms with Crippen LogP contribution < -0.4 is 10.1 Å². The molecular formula is C27H28N4O4S. The summed E-state index contributed by atoms with van der Waals surface area (Å²) in [7, 11) is -3.62. The first-order valence-corrected chi connectivity index (χ1v) is 13.4. The van der Waals surface area contributed by atoms with Crippen molar-refractivity contribution in [3.8, 4) is 5.75 Å². The monoisotopic (exact) mass is 504 g/mol. The molecule has 1 aliphatic rings. The Morgan fingerprint density at radius 1 is 1.03 bits per heavy atom. The zero-order valence-corrected chi connectivity index (χ0v) is 20.8. The summed E-state index contributed by atoms with van der Waals surface area (Å²) in [6.45, 7) is 2.70. The highest BCUT2D eigenvalue weighted by Gasteiger charge is 2.31. The third kappa shape index (κ3) is 5.27. The normalized spacial score (nSPS) is 15.1. The number of anilines is 1. The Bertz CT molecular complexity index is 1420. The van der Waals surface area contributed by atoms with Gasteiger partial charge >= 0.3 is 0 Å². The molecule has 0 spiro atoms. The lowest BCUT2D eigenvalue weighted by molar-refractivity contribution is -0.118. The molecule has 0 atom stereocenters. The predicted molar refractivity (Wildman–Crippen MR) is 139 cm³/mol. The maximum absolute atomic E-state index is 13.2.